The molecule has 0 fully saturated rings. The maximum Gasteiger partial charge on any atom is 0.418 e. The van der Waals surface area contributed by atoms with Crippen molar-refractivity contribution in [2.45, 2.75) is 16.3 Å². The molecule has 0 bridgehead atoms. The van der Waals surface area contributed by atoms with E-state index in [4.69, 9.17) is 0 Å². The maximum absolute atomic E-state index is 13.4. The molecule has 2 N–H and O–H groups in total. The molecule has 0 aliphatic carbocycles. The lowest BCUT2D eigenvalue weighted by Crippen LogP contribution is -2.21. The number of rotatable bonds is 8. The first-order valence-electron chi connectivity index (χ1n) is 11.6. The summed E-state index contributed by atoms with van der Waals surface area (Å²) in [6.45, 7) is 0. The number of anilines is 2. The quantitative estimate of drug-likeness (QED) is 0.180. The van der Waals surface area contributed by atoms with Crippen molar-refractivity contribution in [2.24, 2.45) is 0 Å². The molecule has 0 saturated heterocycles. The van der Waals surface area contributed by atoms with Crippen molar-refractivity contribution in [2.75, 3.05) is 10.6 Å². The zero-order chi connectivity index (χ0) is 27.0. The highest BCUT2D eigenvalue weighted by Crippen LogP contribution is 2.39. The van der Waals surface area contributed by atoms with E-state index in [9.17, 15) is 22.8 Å². The van der Waals surface area contributed by atoms with E-state index in [-0.39, 0.29) is 11.6 Å². The number of halogens is 3. The summed E-state index contributed by atoms with van der Waals surface area (Å²) >= 11 is 1.20. The van der Waals surface area contributed by atoms with Gasteiger partial charge in [0.25, 0.3) is 0 Å². The second-order valence-corrected chi connectivity index (χ2v) is 9.38. The molecule has 4 aromatic carbocycles. The summed E-state index contributed by atoms with van der Waals surface area (Å²) in [5.41, 5.74) is 0.900. The summed E-state index contributed by atoms with van der Waals surface area (Å²) in [6.07, 6.45) is -1.46. The first-order chi connectivity index (χ1) is 18.3. The van der Waals surface area contributed by atoms with Gasteiger partial charge in [0, 0.05) is 16.7 Å². The van der Waals surface area contributed by atoms with Gasteiger partial charge in [-0.05, 0) is 53.6 Å². The minimum absolute atomic E-state index is 0.292. The normalized spacial score (nSPS) is 12.2. The number of nitrogens with one attached hydrogen (secondary N) is 2. The fourth-order valence-electron chi connectivity index (χ4n) is 3.61. The lowest BCUT2D eigenvalue weighted by Gasteiger charge is -2.19. The van der Waals surface area contributed by atoms with Crippen molar-refractivity contribution in [3.8, 4) is 0 Å². The van der Waals surface area contributed by atoms with Gasteiger partial charge in [-0.1, -0.05) is 72.8 Å². The van der Waals surface area contributed by atoms with E-state index in [0.717, 1.165) is 11.6 Å². The van der Waals surface area contributed by atoms with Crippen LogP contribution in [0.2, 0.25) is 0 Å². The summed E-state index contributed by atoms with van der Waals surface area (Å²) in [4.78, 5) is 26.2. The molecule has 4 rings (SSSR count). The molecule has 8 heteroatoms. The minimum Gasteiger partial charge on any atom is -0.324 e. The molecular weight excluding hydrogens is 509 g/mol. The van der Waals surface area contributed by atoms with E-state index in [2.05, 4.69) is 10.6 Å². The first kappa shape index (κ1) is 26.8. The Hall–Kier alpha value is -4.30. The van der Waals surface area contributed by atoms with E-state index in [1.807, 2.05) is 30.3 Å². The van der Waals surface area contributed by atoms with Crippen molar-refractivity contribution in [3.05, 3.63) is 132 Å². The molecule has 0 aromatic heterocycles. The second kappa shape index (κ2) is 12.3. The number of amides is 2. The van der Waals surface area contributed by atoms with Crippen molar-refractivity contribution >= 4 is 41.0 Å². The third-order valence-corrected chi connectivity index (χ3v) is 6.70. The fourth-order valence-corrected chi connectivity index (χ4v) is 4.64. The van der Waals surface area contributed by atoms with Gasteiger partial charge in [-0.25, -0.2) is 0 Å². The van der Waals surface area contributed by atoms with Crippen LogP contribution in [0.1, 0.15) is 21.9 Å². The van der Waals surface area contributed by atoms with E-state index in [1.165, 1.54) is 36.0 Å². The van der Waals surface area contributed by atoms with Crippen LogP contribution in [0, 0.1) is 0 Å². The van der Waals surface area contributed by atoms with Gasteiger partial charge in [0.1, 0.15) is 5.25 Å². The number of carbonyl (C=O) groups is 2. The van der Waals surface area contributed by atoms with Gasteiger partial charge in [0.2, 0.25) is 11.8 Å². The van der Waals surface area contributed by atoms with Crippen molar-refractivity contribution < 1.29 is 22.8 Å². The molecule has 0 saturated carbocycles. The molecule has 4 nitrogen and oxygen atoms in total. The van der Waals surface area contributed by atoms with Gasteiger partial charge in [-0.3, -0.25) is 9.59 Å². The molecule has 1 unspecified atom stereocenters. The molecule has 38 heavy (non-hydrogen) atoms. The lowest BCUT2D eigenvalue weighted by molar-refractivity contribution is -0.137. The summed E-state index contributed by atoms with van der Waals surface area (Å²) in [5.74, 6) is -0.875. The third-order valence-electron chi connectivity index (χ3n) is 5.43. The van der Waals surface area contributed by atoms with Crippen LogP contribution >= 0.6 is 11.8 Å². The molecule has 0 radical (unpaired) electrons. The highest BCUT2D eigenvalue weighted by atomic mass is 32.2. The molecular formula is C30H23F3N2O2S. The Balaban J connectivity index is 1.48. The molecule has 4 aromatic rings. The largest absolute Gasteiger partial charge is 0.418 e. The van der Waals surface area contributed by atoms with Gasteiger partial charge in [-0.2, -0.15) is 13.2 Å². The highest BCUT2D eigenvalue weighted by Gasteiger charge is 2.34. The van der Waals surface area contributed by atoms with E-state index in [1.54, 1.807) is 60.7 Å². The van der Waals surface area contributed by atoms with Crippen LogP contribution in [-0.4, -0.2) is 11.8 Å². The lowest BCUT2D eigenvalue weighted by atomic mass is 10.1. The average molecular weight is 533 g/mol. The van der Waals surface area contributed by atoms with Gasteiger partial charge in [0.15, 0.2) is 0 Å². The van der Waals surface area contributed by atoms with E-state index < -0.39 is 22.9 Å². The van der Waals surface area contributed by atoms with Gasteiger partial charge < -0.3 is 10.6 Å². The number of benzene rings is 4. The second-order valence-electron chi connectivity index (χ2n) is 8.20. The molecule has 192 valence electrons. The zero-order valence-electron chi connectivity index (χ0n) is 20.0. The number of carbonyl (C=O) groups excluding carboxylic acids is 2. The summed E-state index contributed by atoms with van der Waals surface area (Å²) in [7, 11) is 0. The predicted octanol–water partition coefficient (Wildman–Crippen LogP) is 7.83. The van der Waals surface area contributed by atoms with Crippen LogP contribution in [0.15, 0.2) is 120 Å². The Morgan fingerprint density at radius 2 is 1.34 bits per heavy atom. The smallest absolute Gasteiger partial charge is 0.324 e. The Bertz CT molecular complexity index is 1410. The summed E-state index contributed by atoms with van der Waals surface area (Å²) < 4.78 is 40.3. The molecule has 1 atom stereocenters. The third kappa shape index (κ3) is 7.36. The maximum atomic E-state index is 13.4. The number of thioether (sulfide) groups is 1. The van der Waals surface area contributed by atoms with Crippen molar-refractivity contribution in [1.82, 2.24) is 0 Å². The van der Waals surface area contributed by atoms with Gasteiger partial charge in [-0.15, -0.1) is 11.8 Å². The molecule has 0 aliphatic heterocycles. The Kier molecular flexibility index (Phi) is 8.66. The number of para-hydroxylation sites is 1. The van der Waals surface area contributed by atoms with Crippen LogP contribution in [0.3, 0.4) is 0 Å². The topological polar surface area (TPSA) is 58.2 Å². The SMILES string of the molecule is O=C(/C=C/c1ccccc1)Nc1ccc(SC(C(=O)Nc2ccccc2C(F)(F)F)c2ccccc2)cc1. The Morgan fingerprint density at radius 3 is 2.00 bits per heavy atom. The fraction of sp³-hybridized carbons (Fsp3) is 0.0667. The Morgan fingerprint density at radius 1 is 0.737 bits per heavy atom. The van der Waals surface area contributed by atoms with Crippen LogP contribution < -0.4 is 10.6 Å². The van der Waals surface area contributed by atoms with Gasteiger partial charge >= 0.3 is 6.18 Å². The zero-order valence-corrected chi connectivity index (χ0v) is 20.8. The molecule has 2 amide bonds. The number of hydrogen-bond acceptors (Lipinski definition) is 3. The summed E-state index contributed by atoms with van der Waals surface area (Å²) in [6, 6.07) is 30.0. The highest BCUT2D eigenvalue weighted by molar-refractivity contribution is 8.00. The Labute approximate surface area is 222 Å². The minimum atomic E-state index is -4.60. The molecule has 0 spiro atoms. The van der Waals surface area contributed by atoms with Crippen LogP contribution in [0.5, 0.6) is 0 Å². The summed E-state index contributed by atoms with van der Waals surface area (Å²) in [5, 5.41) is 4.42. The van der Waals surface area contributed by atoms with Crippen LogP contribution in [0.25, 0.3) is 6.08 Å². The average Bonchev–Trinajstić information content (AvgIpc) is 2.92. The first-order valence-corrected chi connectivity index (χ1v) is 12.5. The predicted molar refractivity (Wildman–Crippen MR) is 146 cm³/mol. The van der Waals surface area contributed by atoms with Crippen molar-refractivity contribution in [1.29, 1.82) is 0 Å². The number of hydrogen-bond donors (Lipinski definition) is 2. The van der Waals surface area contributed by atoms with Crippen LogP contribution in [0.4, 0.5) is 24.5 Å². The van der Waals surface area contributed by atoms with E-state index >= 15 is 0 Å². The van der Waals surface area contributed by atoms with E-state index in [0.29, 0.717) is 16.1 Å². The van der Waals surface area contributed by atoms with Gasteiger partial charge in [0.05, 0.1) is 11.3 Å². The van der Waals surface area contributed by atoms with Crippen molar-refractivity contribution in [3.63, 3.8) is 0 Å². The molecule has 0 aliphatic rings. The number of alkyl halides is 3. The standard InChI is InChI=1S/C30H23F3N2O2S/c31-30(32,33)25-13-7-8-14-26(25)35-29(37)28(22-11-5-2-6-12-22)38-24-18-16-23(17-19-24)34-27(36)20-15-21-9-3-1-4-10-21/h1-20,28H,(H,34,36)(H,35,37)/b20-15+. The molecule has 0 heterocycles. The van der Waals surface area contributed by atoms with Crippen LogP contribution in [-0.2, 0) is 15.8 Å². The monoisotopic (exact) mass is 532 g/mol.